The van der Waals surface area contributed by atoms with Crippen molar-refractivity contribution in [2.75, 3.05) is 0 Å². The summed E-state index contributed by atoms with van der Waals surface area (Å²) in [7, 11) is 0. The topological polar surface area (TPSA) is 34.4 Å². The number of aryl methyl sites for hydroxylation is 1. The van der Waals surface area contributed by atoms with Gasteiger partial charge in [-0.2, -0.15) is 0 Å². The van der Waals surface area contributed by atoms with Crippen LogP contribution in [0, 0.1) is 6.92 Å². The van der Waals surface area contributed by atoms with Gasteiger partial charge in [0.05, 0.1) is 6.04 Å². The molecule has 2 rings (SSSR count). The van der Waals surface area contributed by atoms with E-state index in [0.29, 0.717) is 6.54 Å². The Bertz CT molecular complexity index is 575. The Balaban J connectivity index is 1.89. The van der Waals surface area contributed by atoms with Crippen LogP contribution < -0.4 is 10.1 Å². The van der Waals surface area contributed by atoms with Crippen LogP contribution in [-0.2, 0) is 6.54 Å². The highest BCUT2D eigenvalue weighted by molar-refractivity contribution is 5.27. The van der Waals surface area contributed by atoms with Crippen molar-refractivity contribution in [3.63, 3.8) is 0 Å². The maximum absolute atomic E-state index is 12.0. The number of rotatable bonds is 5. The molecule has 3 nitrogen and oxygen atoms in total. The summed E-state index contributed by atoms with van der Waals surface area (Å²) in [6.45, 7) is 4.35. The van der Waals surface area contributed by atoms with E-state index >= 15 is 0 Å². The van der Waals surface area contributed by atoms with Crippen LogP contribution in [-0.4, -0.2) is 6.36 Å². The largest absolute Gasteiger partial charge is 0.573 e. The fraction of sp³-hybridized carbons (Fsp3) is 0.333. The minimum absolute atomic E-state index is 0.0183. The number of benzene rings is 1. The van der Waals surface area contributed by atoms with Gasteiger partial charge in [0.2, 0.25) is 0 Å². The summed E-state index contributed by atoms with van der Waals surface area (Å²) in [5.74, 6) is 1.44. The highest BCUT2D eigenvalue weighted by atomic mass is 19.4. The summed E-state index contributed by atoms with van der Waals surface area (Å²) in [6.07, 6.45) is -4.66. The Morgan fingerprint density at radius 2 is 1.81 bits per heavy atom. The van der Waals surface area contributed by atoms with Crippen molar-refractivity contribution >= 4 is 0 Å². The van der Waals surface area contributed by atoms with Crippen LogP contribution in [0.1, 0.15) is 30.0 Å². The lowest BCUT2D eigenvalue weighted by molar-refractivity contribution is -0.274. The van der Waals surface area contributed by atoms with Gasteiger partial charge in [0.15, 0.2) is 0 Å². The average molecular weight is 299 g/mol. The van der Waals surface area contributed by atoms with Gasteiger partial charge in [-0.15, -0.1) is 13.2 Å². The van der Waals surface area contributed by atoms with Crippen LogP contribution in [0.4, 0.5) is 13.2 Å². The first-order valence-electron chi connectivity index (χ1n) is 6.48. The van der Waals surface area contributed by atoms with E-state index in [4.69, 9.17) is 4.42 Å². The normalized spacial score (nSPS) is 13.2. The van der Waals surface area contributed by atoms with Gasteiger partial charge in [-0.25, -0.2) is 0 Å². The van der Waals surface area contributed by atoms with E-state index in [0.717, 1.165) is 17.1 Å². The number of ether oxygens (including phenoxy) is 1. The minimum atomic E-state index is -4.66. The average Bonchev–Trinajstić information content (AvgIpc) is 2.82. The van der Waals surface area contributed by atoms with Gasteiger partial charge in [-0.05, 0) is 43.7 Å². The maximum Gasteiger partial charge on any atom is 0.573 e. The fourth-order valence-electron chi connectivity index (χ4n) is 1.87. The molecule has 6 heteroatoms. The summed E-state index contributed by atoms with van der Waals surface area (Å²) >= 11 is 0. The van der Waals surface area contributed by atoms with Gasteiger partial charge in [0.1, 0.15) is 17.3 Å². The third kappa shape index (κ3) is 4.82. The molecular formula is C15H16F3NO2. The molecule has 0 saturated carbocycles. The molecule has 0 saturated heterocycles. The van der Waals surface area contributed by atoms with Crippen molar-refractivity contribution in [3.05, 3.63) is 53.5 Å². The van der Waals surface area contributed by atoms with Crippen LogP contribution in [0.2, 0.25) is 0 Å². The first kappa shape index (κ1) is 15.4. The molecule has 21 heavy (non-hydrogen) atoms. The second-order valence-electron chi connectivity index (χ2n) is 4.74. The summed E-state index contributed by atoms with van der Waals surface area (Å²) in [5, 5.41) is 3.24. The van der Waals surface area contributed by atoms with Gasteiger partial charge in [0.25, 0.3) is 0 Å². The van der Waals surface area contributed by atoms with Crippen molar-refractivity contribution < 1.29 is 22.3 Å². The van der Waals surface area contributed by atoms with Crippen LogP contribution >= 0.6 is 0 Å². The van der Waals surface area contributed by atoms with Crippen LogP contribution in [0.5, 0.6) is 5.75 Å². The Labute approximate surface area is 120 Å². The lowest BCUT2D eigenvalue weighted by atomic mass is 10.2. The van der Waals surface area contributed by atoms with E-state index < -0.39 is 6.36 Å². The monoisotopic (exact) mass is 299 g/mol. The van der Waals surface area contributed by atoms with E-state index in [9.17, 15) is 13.2 Å². The molecule has 1 atom stereocenters. The van der Waals surface area contributed by atoms with Gasteiger partial charge in [-0.3, -0.25) is 0 Å². The molecule has 0 aliphatic rings. The Morgan fingerprint density at radius 1 is 1.14 bits per heavy atom. The number of hydrogen-bond acceptors (Lipinski definition) is 3. The van der Waals surface area contributed by atoms with Crippen molar-refractivity contribution in [3.8, 4) is 5.75 Å². The predicted molar refractivity (Wildman–Crippen MR) is 71.8 cm³/mol. The van der Waals surface area contributed by atoms with Gasteiger partial charge < -0.3 is 14.5 Å². The smallest absolute Gasteiger partial charge is 0.465 e. The quantitative estimate of drug-likeness (QED) is 0.892. The molecule has 0 fully saturated rings. The zero-order chi connectivity index (χ0) is 15.5. The van der Waals surface area contributed by atoms with E-state index in [1.807, 2.05) is 26.0 Å². The molecule has 1 heterocycles. The van der Waals surface area contributed by atoms with E-state index in [-0.39, 0.29) is 11.8 Å². The molecule has 0 radical (unpaired) electrons. The number of halogens is 3. The molecule has 114 valence electrons. The molecule has 1 N–H and O–H groups in total. The van der Waals surface area contributed by atoms with E-state index in [1.54, 1.807) is 12.1 Å². The van der Waals surface area contributed by atoms with Gasteiger partial charge in [-0.1, -0.05) is 12.1 Å². The lowest BCUT2D eigenvalue weighted by Gasteiger charge is -2.12. The maximum atomic E-state index is 12.0. The third-order valence-corrected chi connectivity index (χ3v) is 2.96. The summed E-state index contributed by atoms with van der Waals surface area (Å²) < 4.78 is 45.4. The predicted octanol–water partition coefficient (Wildman–Crippen LogP) is 4.34. The van der Waals surface area contributed by atoms with Crippen molar-refractivity contribution in [2.24, 2.45) is 0 Å². The summed E-state index contributed by atoms with van der Waals surface area (Å²) in [4.78, 5) is 0. The van der Waals surface area contributed by atoms with Gasteiger partial charge >= 0.3 is 6.36 Å². The highest BCUT2D eigenvalue weighted by Gasteiger charge is 2.30. The molecule has 0 bridgehead atoms. The molecule has 2 aromatic rings. The molecule has 1 aromatic heterocycles. The summed E-state index contributed by atoms with van der Waals surface area (Å²) in [6, 6.07) is 9.58. The highest BCUT2D eigenvalue weighted by Crippen LogP contribution is 2.23. The molecule has 1 aromatic carbocycles. The molecular weight excluding hydrogens is 283 g/mol. The first-order valence-corrected chi connectivity index (χ1v) is 6.48. The molecule has 0 aliphatic heterocycles. The Morgan fingerprint density at radius 3 is 2.33 bits per heavy atom. The van der Waals surface area contributed by atoms with E-state index in [2.05, 4.69) is 10.1 Å². The lowest BCUT2D eigenvalue weighted by Crippen LogP contribution is -2.18. The second kappa shape index (κ2) is 6.22. The molecule has 0 spiro atoms. The minimum Gasteiger partial charge on any atom is -0.465 e. The first-order chi connectivity index (χ1) is 9.83. The number of furan rings is 1. The standard InChI is InChI=1S/C15H16F3NO2/c1-10-3-8-14(20-10)11(2)19-9-12-4-6-13(7-5-12)21-15(16,17)18/h3-8,11,19H,9H2,1-2H3. The number of alkyl halides is 3. The zero-order valence-corrected chi connectivity index (χ0v) is 11.7. The Hall–Kier alpha value is -1.95. The van der Waals surface area contributed by atoms with E-state index in [1.165, 1.54) is 12.1 Å². The van der Waals surface area contributed by atoms with Crippen LogP contribution in [0.3, 0.4) is 0 Å². The number of hydrogen-bond donors (Lipinski definition) is 1. The van der Waals surface area contributed by atoms with Crippen molar-refractivity contribution in [1.29, 1.82) is 0 Å². The number of nitrogens with one attached hydrogen (secondary N) is 1. The molecule has 0 amide bonds. The SMILES string of the molecule is Cc1ccc(C(C)NCc2ccc(OC(F)(F)F)cc2)o1. The molecule has 1 unspecified atom stereocenters. The Kier molecular flexibility index (Phi) is 4.57. The fourth-order valence-corrected chi connectivity index (χ4v) is 1.87. The molecule has 0 aliphatic carbocycles. The summed E-state index contributed by atoms with van der Waals surface area (Å²) in [5.41, 5.74) is 0.861. The van der Waals surface area contributed by atoms with Gasteiger partial charge in [0, 0.05) is 6.54 Å². The second-order valence-corrected chi connectivity index (χ2v) is 4.74. The zero-order valence-electron chi connectivity index (χ0n) is 11.7. The van der Waals surface area contributed by atoms with Crippen LogP contribution in [0.15, 0.2) is 40.8 Å². The third-order valence-electron chi connectivity index (χ3n) is 2.96. The van der Waals surface area contributed by atoms with Crippen molar-refractivity contribution in [1.82, 2.24) is 5.32 Å². The van der Waals surface area contributed by atoms with Crippen LogP contribution in [0.25, 0.3) is 0 Å². The van der Waals surface area contributed by atoms with Crippen molar-refractivity contribution in [2.45, 2.75) is 32.8 Å².